The number of fused-ring (bicyclic) bond motifs is 1. The number of nitrogens with one attached hydrogen (secondary N) is 1. The summed E-state index contributed by atoms with van der Waals surface area (Å²) in [6, 6.07) is 4.80. The van der Waals surface area contributed by atoms with E-state index in [1.165, 1.54) is 12.1 Å². The highest BCUT2D eigenvalue weighted by Crippen LogP contribution is 2.41. The summed E-state index contributed by atoms with van der Waals surface area (Å²) in [4.78, 5) is 41.8. The van der Waals surface area contributed by atoms with Gasteiger partial charge < -0.3 is 19.9 Å². The number of likely N-dealkylation sites (tertiary alicyclic amines) is 1. The molecule has 9 nitrogen and oxygen atoms in total. The average molecular weight is 429 g/mol. The molecule has 0 saturated carbocycles. The predicted molar refractivity (Wildman–Crippen MR) is 104 cm³/mol. The zero-order chi connectivity index (χ0) is 22.3. The predicted octanol–water partition coefficient (Wildman–Crippen LogP) is 2.42. The van der Waals surface area contributed by atoms with E-state index in [1.807, 2.05) is 0 Å². The first-order valence-corrected chi connectivity index (χ1v) is 9.63. The van der Waals surface area contributed by atoms with Crippen LogP contribution in [0, 0.1) is 5.92 Å². The van der Waals surface area contributed by atoms with Crippen LogP contribution in [0.5, 0.6) is 11.5 Å². The standard InChI is InChI=1S/C21H20FN3O6/c1-11(12-6-7-15-16(9-12)31-21(2,22)30-15)24-20(29)25-17(19(27)28)14(18(25)26)10-13-5-3-4-8-23-13/h3-9,11,14,17H,10H2,1-2H3,(H,24,29)(H,27,28)/t11-,14-,17+,21?/m1/s1. The fourth-order valence-electron chi connectivity index (χ4n) is 3.71. The minimum absolute atomic E-state index is 0.125. The van der Waals surface area contributed by atoms with Crippen LogP contribution < -0.4 is 14.8 Å². The summed E-state index contributed by atoms with van der Waals surface area (Å²) in [5, 5.41) is 12.2. The second kappa shape index (κ2) is 7.53. The fourth-order valence-corrected chi connectivity index (χ4v) is 3.71. The van der Waals surface area contributed by atoms with E-state index in [2.05, 4.69) is 10.3 Å². The molecule has 0 radical (unpaired) electrons. The Morgan fingerprint density at radius 3 is 2.71 bits per heavy atom. The van der Waals surface area contributed by atoms with Crippen LogP contribution in [-0.2, 0) is 16.0 Å². The lowest BCUT2D eigenvalue weighted by atomic mass is 9.83. The number of hydrogen-bond acceptors (Lipinski definition) is 6. The highest BCUT2D eigenvalue weighted by atomic mass is 19.2. The number of β-lactam (4-membered cyclic amide) rings is 1. The average Bonchev–Trinajstić information content (AvgIpc) is 3.03. The number of carboxylic acids is 1. The van der Waals surface area contributed by atoms with Crippen molar-refractivity contribution in [2.75, 3.05) is 0 Å². The summed E-state index contributed by atoms with van der Waals surface area (Å²) in [7, 11) is 0. The van der Waals surface area contributed by atoms with Gasteiger partial charge in [0.2, 0.25) is 5.91 Å². The van der Waals surface area contributed by atoms with Crippen LogP contribution in [0.15, 0.2) is 42.6 Å². The molecule has 2 aliphatic rings. The lowest BCUT2D eigenvalue weighted by Gasteiger charge is -2.43. The molecule has 10 heteroatoms. The number of pyridine rings is 1. The van der Waals surface area contributed by atoms with Gasteiger partial charge in [0.05, 0.1) is 12.0 Å². The first-order chi connectivity index (χ1) is 14.7. The second-order valence-electron chi connectivity index (χ2n) is 7.54. The number of aromatic nitrogens is 1. The van der Waals surface area contributed by atoms with Crippen LogP contribution in [0.25, 0.3) is 0 Å². The summed E-state index contributed by atoms with van der Waals surface area (Å²) in [5.41, 5.74) is 1.14. The first-order valence-electron chi connectivity index (χ1n) is 9.63. The number of carbonyl (C=O) groups excluding carboxylic acids is 2. The number of ether oxygens (including phenoxy) is 2. The van der Waals surface area contributed by atoms with Gasteiger partial charge in [-0.2, -0.15) is 4.39 Å². The molecule has 0 spiro atoms. The summed E-state index contributed by atoms with van der Waals surface area (Å²) >= 11 is 0. The third kappa shape index (κ3) is 3.88. The highest BCUT2D eigenvalue weighted by Gasteiger charge is 2.55. The molecule has 3 heterocycles. The summed E-state index contributed by atoms with van der Waals surface area (Å²) in [6.45, 7) is 2.77. The van der Waals surface area contributed by atoms with Gasteiger partial charge >= 0.3 is 18.0 Å². The molecular weight excluding hydrogens is 409 g/mol. The largest absolute Gasteiger partial charge is 0.480 e. The SMILES string of the molecule is C[C@@H](NC(=O)N1C(=O)[C@H](Cc2ccccn2)[C@H]1C(=O)O)c1ccc2c(c1)OC(C)(F)O2. The number of rotatable bonds is 5. The van der Waals surface area contributed by atoms with E-state index in [4.69, 9.17) is 9.47 Å². The maximum Gasteiger partial charge on any atom is 0.404 e. The number of benzene rings is 1. The fraction of sp³-hybridized carbons (Fsp3) is 0.333. The monoisotopic (exact) mass is 429 g/mol. The minimum atomic E-state index is -2.27. The second-order valence-corrected chi connectivity index (χ2v) is 7.54. The van der Waals surface area contributed by atoms with Crippen molar-refractivity contribution >= 4 is 17.9 Å². The third-order valence-corrected chi connectivity index (χ3v) is 5.23. The van der Waals surface area contributed by atoms with Gasteiger partial charge in [-0.05, 0) is 36.8 Å². The van der Waals surface area contributed by atoms with Crippen molar-refractivity contribution in [3.63, 3.8) is 0 Å². The van der Waals surface area contributed by atoms with E-state index < -0.39 is 42.0 Å². The Bertz CT molecular complexity index is 1040. The highest BCUT2D eigenvalue weighted by molar-refractivity contribution is 6.07. The van der Waals surface area contributed by atoms with Gasteiger partial charge in [0.15, 0.2) is 17.5 Å². The Kier molecular flexibility index (Phi) is 5.00. The number of halogens is 1. The molecule has 1 aromatic heterocycles. The Hall–Kier alpha value is -3.69. The molecule has 0 bridgehead atoms. The van der Waals surface area contributed by atoms with Crippen molar-refractivity contribution in [1.82, 2.24) is 15.2 Å². The van der Waals surface area contributed by atoms with E-state index in [9.17, 15) is 23.9 Å². The van der Waals surface area contributed by atoms with E-state index in [0.717, 1.165) is 6.92 Å². The quantitative estimate of drug-likeness (QED) is 0.701. The van der Waals surface area contributed by atoms with Gasteiger partial charge in [-0.1, -0.05) is 12.1 Å². The lowest BCUT2D eigenvalue weighted by molar-refractivity contribution is -0.173. The Morgan fingerprint density at radius 1 is 1.29 bits per heavy atom. The van der Waals surface area contributed by atoms with E-state index in [0.29, 0.717) is 16.2 Å². The van der Waals surface area contributed by atoms with Crippen LogP contribution in [0.4, 0.5) is 9.18 Å². The van der Waals surface area contributed by atoms with Crippen molar-refractivity contribution in [3.05, 3.63) is 53.9 Å². The molecule has 1 unspecified atom stereocenters. The molecule has 2 aromatic rings. The van der Waals surface area contributed by atoms with Crippen LogP contribution >= 0.6 is 0 Å². The van der Waals surface area contributed by atoms with Gasteiger partial charge in [-0.25, -0.2) is 14.5 Å². The number of carbonyl (C=O) groups is 3. The number of hydrogen-bond donors (Lipinski definition) is 2. The molecule has 1 saturated heterocycles. The topological polar surface area (TPSA) is 118 Å². The van der Waals surface area contributed by atoms with E-state index in [-0.39, 0.29) is 17.9 Å². The number of amides is 3. The van der Waals surface area contributed by atoms with Crippen LogP contribution in [0.3, 0.4) is 0 Å². The van der Waals surface area contributed by atoms with Crippen LogP contribution in [0.1, 0.15) is 31.1 Å². The van der Waals surface area contributed by atoms with Crippen molar-refractivity contribution in [2.24, 2.45) is 5.92 Å². The zero-order valence-corrected chi connectivity index (χ0v) is 16.7. The smallest absolute Gasteiger partial charge is 0.404 e. The van der Waals surface area contributed by atoms with Crippen LogP contribution in [0.2, 0.25) is 0 Å². The number of nitrogens with zero attached hydrogens (tertiary/aromatic N) is 2. The molecule has 2 aliphatic heterocycles. The molecular formula is C21H20FN3O6. The zero-order valence-electron chi connectivity index (χ0n) is 16.7. The number of urea groups is 1. The minimum Gasteiger partial charge on any atom is -0.480 e. The van der Waals surface area contributed by atoms with Crippen molar-refractivity contribution in [2.45, 2.75) is 38.4 Å². The van der Waals surface area contributed by atoms with Gasteiger partial charge in [0.25, 0.3) is 0 Å². The van der Waals surface area contributed by atoms with Gasteiger partial charge in [0, 0.05) is 25.2 Å². The Balaban J connectivity index is 1.44. The van der Waals surface area contributed by atoms with Crippen molar-refractivity contribution < 1.29 is 33.4 Å². The maximum absolute atomic E-state index is 13.8. The van der Waals surface area contributed by atoms with Crippen LogP contribution in [-0.4, -0.2) is 45.0 Å². The summed E-state index contributed by atoms with van der Waals surface area (Å²) < 4.78 is 23.9. The molecule has 4 atom stereocenters. The molecule has 2 N–H and O–H groups in total. The maximum atomic E-state index is 13.8. The third-order valence-electron chi connectivity index (χ3n) is 5.23. The normalized spacial score (nSPS) is 25.0. The molecule has 0 aliphatic carbocycles. The lowest BCUT2D eigenvalue weighted by Crippen LogP contribution is -2.68. The molecule has 4 rings (SSSR count). The number of alkyl halides is 1. The van der Waals surface area contributed by atoms with E-state index >= 15 is 0 Å². The molecule has 3 amide bonds. The molecule has 1 fully saturated rings. The number of carboxylic acid groups (broad SMARTS) is 1. The molecule has 1 aromatic carbocycles. The van der Waals surface area contributed by atoms with Crippen molar-refractivity contribution in [1.29, 1.82) is 0 Å². The Labute approximate surface area is 176 Å². The van der Waals surface area contributed by atoms with Crippen molar-refractivity contribution in [3.8, 4) is 11.5 Å². The number of imide groups is 1. The van der Waals surface area contributed by atoms with Gasteiger partial charge in [-0.3, -0.25) is 9.78 Å². The molecule has 31 heavy (non-hydrogen) atoms. The van der Waals surface area contributed by atoms with E-state index in [1.54, 1.807) is 37.4 Å². The first kappa shape index (κ1) is 20.6. The summed E-state index contributed by atoms with van der Waals surface area (Å²) in [5.74, 6) is -2.31. The van der Waals surface area contributed by atoms with Gasteiger partial charge in [0.1, 0.15) is 0 Å². The van der Waals surface area contributed by atoms with Gasteiger partial charge in [-0.15, -0.1) is 0 Å². The number of aliphatic carboxylic acids is 1. The summed E-state index contributed by atoms with van der Waals surface area (Å²) in [6.07, 6.45) is 1.68. The molecule has 162 valence electrons. The Morgan fingerprint density at radius 2 is 2.03 bits per heavy atom.